The lowest BCUT2D eigenvalue weighted by Gasteiger charge is -2.39. The van der Waals surface area contributed by atoms with Gasteiger partial charge >= 0.3 is 0 Å². The molecule has 0 aromatic heterocycles. The van der Waals surface area contributed by atoms with Crippen LogP contribution in [-0.4, -0.2) is 48.0 Å². The van der Waals surface area contributed by atoms with Crippen LogP contribution in [0.5, 0.6) is 11.5 Å². The van der Waals surface area contributed by atoms with Crippen molar-refractivity contribution in [3.8, 4) is 17.6 Å². The first-order valence-corrected chi connectivity index (χ1v) is 9.94. The Morgan fingerprint density at radius 3 is 2.68 bits per heavy atom. The van der Waals surface area contributed by atoms with Crippen LogP contribution in [0.2, 0.25) is 5.02 Å². The molecule has 0 radical (unpaired) electrons. The van der Waals surface area contributed by atoms with E-state index < -0.39 is 6.10 Å². The molecular formula is C22H23ClN2O3. The largest absolute Gasteiger partial charge is 0.491 e. The molecule has 2 aliphatic rings. The number of hydrogen-bond donors (Lipinski definition) is 1. The first kappa shape index (κ1) is 19.1. The summed E-state index contributed by atoms with van der Waals surface area (Å²) in [4.78, 5) is 2.26. The summed E-state index contributed by atoms with van der Waals surface area (Å²) >= 11 is 6.10. The van der Waals surface area contributed by atoms with Crippen LogP contribution in [0.4, 0.5) is 0 Å². The van der Waals surface area contributed by atoms with E-state index in [1.165, 1.54) is 5.56 Å². The third-order valence-corrected chi connectivity index (χ3v) is 5.76. The van der Waals surface area contributed by atoms with Crippen LogP contribution < -0.4 is 9.47 Å². The molecule has 0 amide bonds. The van der Waals surface area contributed by atoms with Crippen molar-refractivity contribution < 1.29 is 14.6 Å². The zero-order chi connectivity index (χ0) is 19.6. The highest BCUT2D eigenvalue weighted by Gasteiger charge is 2.42. The van der Waals surface area contributed by atoms with E-state index in [1.54, 1.807) is 24.3 Å². The molecule has 0 unspecified atom stereocenters. The van der Waals surface area contributed by atoms with Crippen molar-refractivity contribution in [3.63, 3.8) is 0 Å². The number of ether oxygens (including phenoxy) is 2. The Morgan fingerprint density at radius 2 is 1.96 bits per heavy atom. The van der Waals surface area contributed by atoms with Gasteiger partial charge in [-0.05, 0) is 48.0 Å². The van der Waals surface area contributed by atoms with Gasteiger partial charge in [-0.25, -0.2) is 0 Å². The molecule has 2 aromatic rings. The minimum Gasteiger partial charge on any atom is -0.491 e. The Labute approximate surface area is 170 Å². The molecule has 2 heterocycles. The average Bonchev–Trinajstić information content (AvgIpc) is 3.05. The second-order valence-corrected chi connectivity index (χ2v) is 8.05. The molecular weight excluding hydrogens is 376 g/mol. The maximum absolute atomic E-state index is 10.3. The zero-order valence-electron chi connectivity index (χ0n) is 15.6. The van der Waals surface area contributed by atoms with Crippen LogP contribution in [0.25, 0.3) is 0 Å². The van der Waals surface area contributed by atoms with Gasteiger partial charge in [-0.1, -0.05) is 11.6 Å². The molecule has 28 heavy (non-hydrogen) atoms. The van der Waals surface area contributed by atoms with Crippen LogP contribution >= 0.6 is 11.6 Å². The Hall–Kier alpha value is -2.26. The highest BCUT2D eigenvalue weighted by atomic mass is 35.5. The Kier molecular flexibility index (Phi) is 5.45. The number of piperidine rings is 1. The van der Waals surface area contributed by atoms with Crippen molar-refractivity contribution >= 4 is 11.6 Å². The molecule has 1 N–H and O–H groups in total. The second-order valence-electron chi connectivity index (χ2n) is 7.62. The summed E-state index contributed by atoms with van der Waals surface area (Å²) in [6.07, 6.45) is 2.21. The van der Waals surface area contributed by atoms with Crippen LogP contribution in [0.1, 0.15) is 24.0 Å². The van der Waals surface area contributed by atoms with Crippen molar-refractivity contribution in [1.82, 2.24) is 4.90 Å². The highest BCUT2D eigenvalue weighted by molar-refractivity contribution is 6.30. The number of fused-ring (bicyclic) bond motifs is 1. The molecule has 2 aromatic carbocycles. The van der Waals surface area contributed by atoms with E-state index in [4.69, 9.17) is 26.3 Å². The lowest BCUT2D eigenvalue weighted by molar-refractivity contribution is -0.00195. The molecule has 0 bridgehead atoms. The third-order valence-electron chi connectivity index (χ3n) is 5.52. The van der Waals surface area contributed by atoms with Crippen LogP contribution in [0.15, 0.2) is 42.5 Å². The van der Waals surface area contributed by atoms with Crippen LogP contribution in [-0.2, 0) is 6.42 Å². The standard InChI is InChI=1S/C22H23ClN2O3/c23-18-3-6-21-17(11-18)12-22(28-21)7-9-25(10-8-22)14-19(26)15-27-20-4-1-16(13-24)2-5-20/h1-6,11,19,26H,7-10,12,14-15H2/t19-/m0/s1. The summed E-state index contributed by atoms with van der Waals surface area (Å²) in [5.74, 6) is 1.61. The number of nitriles is 1. The van der Waals surface area contributed by atoms with E-state index in [0.717, 1.165) is 43.1 Å². The van der Waals surface area contributed by atoms with Gasteiger partial charge in [0.2, 0.25) is 0 Å². The van der Waals surface area contributed by atoms with Gasteiger partial charge in [-0.2, -0.15) is 5.26 Å². The first-order valence-electron chi connectivity index (χ1n) is 9.56. The van der Waals surface area contributed by atoms with E-state index in [2.05, 4.69) is 11.0 Å². The molecule has 146 valence electrons. The predicted molar refractivity (Wildman–Crippen MR) is 107 cm³/mol. The maximum Gasteiger partial charge on any atom is 0.123 e. The van der Waals surface area contributed by atoms with Crippen molar-refractivity contribution in [2.45, 2.75) is 31.0 Å². The third kappa shape index (κ3) is 4.25. The second kappa shape index (κ2) is 8.00. The molecule has 2 aliphatic heterocycles. The molecule has 0 aliphatic carbocycles. The van der Waals surface area contributed by atoms with E-state index in [-0.39, 0.29) is 12.2 Å². The molecule has 1 fully saturated rings. The van der Waals surface area contributed by atoms with Crippen LogP contribution in [0, 0.1) is 11.3 Å². The summed E-state index contributed by atoms with van der Waals surface area (Å²) in [6.45, 7) is 2.57. The molecule has 5 nitrogen and oxygen atoms in total. The minimum atomic E-state index is -0.565. The summed E-state index contributed by atoms with van der Waals surface area (Å²) in [6, 6.07) is 14.8. The van der Waals surface area contributed by atoms with Crippen molar-refractivity contribution in [1.29, 1.82) is 5.26 Å². The number of nitrogens with zero attached hydrogens (tertiary/aromatic N) is 2. The SMILES string of the molecule is N#Cc1ccc(OC[C@@H](O)CN2CCC3(CC2)Cc2cc(Cl)ccc2O3)cc1. The maximum atomic E-state index is 10.3. The monoisotopic (exact) mass is 398 g/mol. The van der Waals surface area contributed by atoms with E-state index in [0.29, 0.717) is 17.9 Å². The van der Waals surface area contributed by atoms with E-state index in [1.807, 2.05) is 18.2 Å². The van der Waals surface area contributed by atoms with Gasteiger partial charge in [0.15, 0.2) is 0 Å². The number of rotatable bonds is 5. The predicted octanol–water partition coefficient (Wildman–Crippen LogP) is 3.42. The summed E-state index contributed by atoms with van der Waals surface area (Å²) < 4.78 is 11.9. The lowest BCUT2D eigenvalue weighted by Crippen LogP contribution is -2.49. The van der Waals surface area contributed by atoms with Gasteiger partial charge in [-0.3, -0.25) is 0 Å². The fourth-order valence-corrected chi connectivity index (χ4v) is 4.19. The number of likely N-dealkylation sites (tertiary alicyclic amines) is 1. The molecule has 0 saturated carbocycles. The highest BCUT2D eigenvalue weighted by Crippen LogP contribution is 2.41. The number of aliphatic hydroxyl groups excluding tert-OH is 1. The van der Waals surface area contributed by atoms with Gasteiger partial charge in [0, 0.05) is 43.9 Å². The van der Waals surface area contributed by atoms with Gasteiger partial charge in [-0.15, -0.1) is 0 Å². The van der Waals surface area contributed by atoms with E-state index >= 15 is 0 Å². The van der Waals surface area contributed by atoms with Gasteiger partial charge in [0.1, 0.15) is 29.8 Å². The topological polar surface area (TPSA) is 65.7 Å². The quantitative estimate of drug-likeness (QED) is 0.835. The minimum absolute atomic E-state index is 0.131. The number of benzene rings is 2. The van der Waals surface area contributed by atoms with Gasteiger partial charge in [0.05, 0.1) is 11.6 Å². The van der Waals surface area contributed by atoms with Crippen molar-refractivity contribution in [2.75, 3.05) is 26.2 Å². The molecule has 4 rings (SSSR count). The summed E-state index contributed by atoms with van der Waals surface area (Å²) in [7, 11) is 0. The van der Waals surface area contributed by atoms with Crippen molar-refractivity contribution in [2.24, 2.45) is 0 Å². The molecule has 1 saturated heterocycles. The lowest BCUT2D eigenvalue weighted by atomic mass is 9.87. The summed E-state index contributed by atoms with van der Waals surface area (Å²) in [5.41, 5.74) is 1.65. The fourth-order valence-electron chi connectivity index (χ4n) is 3.99. The van der Waals surface area contributed by atoms with E-state index in [9.17, 15) is 5.11 Å². The Morgan fingerprint density at radius 1 is 1.21 bits per heavy atom. The van der Waals surface area contributed by atoms with Crippen LogP contribution in [0.3, 0.4) is 0 Å². The number of β-amino-alcohol motifs (C(OH)–C–C–N with tert-alkyl or cyclic N) is 1. The smallest absolute Gasteiger partial charge is 0.123 e. The number of aliphatic hydroxyl groups is 1. The number of hydrogen-bond acceptors (Lipinski definition) is 5. The van der Waals surface area contributed by atoms with Gasteiger partial charge < -0.3 is 19.5 Å². The zero-order valence-corrected chi connectivity index (χ0v) is 16.4. The van der Waals surface area contributed by atoms with Crippen molar-refractivity contribution in [3.05, 3.63) is 58.6 Å². The first-order chi connectivity index (χ1) is 13.5. The molecule has 1 spiro atoms. The average molecular weight is 399 g/mol. The normalized spacial score (nSPS) is 18.9. The fraction of sp³-hybridized carbons (Fsp3) is 0.409. The number of halogens is 1. The van der Waals surface area contributed by atoms with Gasteiger partial charge in [0.25, 0.3) is 0 Å². The summed E-state index contributed by atoms with van der Waals surface area (Å²) in [5, 5.41) is 19.9. The Bertz CT molecular complexity index is 870. The molecule has 1 atom stereocenters. The molecule has 6 heteroatoms. The Balaban J connectivity index is 1.24.